The predicted molar refractivity (Wildman–Crippen MR) is 74.7 cm³/mol. The zero-order chi connectivity index (χ0) is 13.2. The van der Waals surface area contributed by atoms with Gasteiger partial charge >= 0.3 is 0 Å². The number of carbonyl (C=O) groups is 1. The zero-order valence-corrected chi connectivity index (χ0v) is 10.9. The average molecular weight is 256 g/mol. The number of rotatable bonds is 2. The van der Waals surface area contributed by atoms with Gasteiger partial charge in [-0.15, -0.1) is 0 Å². The number of ketones is 1. The molecular weight excluding hydrogens is 240 g/mol. The van der Waals surface area contributed by atoms with Gasteiger partial charge in [-0.3, -0.25) is 4.79 Å². The monoisotopic (exact) mass is 256 g/mol. The Morgan fingerprint density at radius 2 is 2.00 bits per heavy atom. The number of piperidine rings is 1. The molecule has 0 N–H and O–H groups in total. The van der Waals surface area contributed by atoms with Crippen LogP contribution >= 0.6 is 0 Å². The first kappa shape index (κ1) is 12.0. The summed E-state index contributed by atoms with van der Waals surface area (Å²) in [7, 11) is 1.67. The van der Waals surface area contributed by atoms with Crippen LogP contribution in [0.2, 0.25) is 0 Å². The van der Waals surface area contributed by atoms with Gasteiger partial charge in [-0.2, -0.15) is 0 Å². The van der Waals surface area contributed by atoms with Gasteiger partial charge < -0.3 is 9.64 Å². The molecule has 2 aromatic rings. The van der Waals surface area contributed by atoms with Gasteiger partial charge in [0.15, 0.2) is 0 Å². The fraction of sp³-hybridized carbons (Fsp3) is 0.333. The van der Waals surface area contributed by atoms with E-state index < -0.39 is 0 Å². The third-order valence-corrected chi connectivity index (χ3v) is 3.57. The van der Waals surface area contributed by atoms with Gasteiger partial charge in [0, 0.05) is 37.5 Å². The molecule has 4 heteroatoms. The molecule has 19 heavy (non-hydrogen) atoms. The largest absolute Gasteiger partial charge is 0.497 e. The quantitative estimate of drug-likeness (QED) is 0.827. The molecular formula is C15H16N2O2. The summed E-state index contributed by atoms with van der Waals surface area (Å²) < 4.78 is 5.24. The molecule has 1 aliphatic rings. The molecule has 0 radical (unpaired) electrons. The van der Waals surface area contributed by atoms with Crippen molar-refractivity contribution in [2.75, 3.05) is 25.1 Å². The Morgan fingerprint density at radius 3 is 2.74 bits per heavy atom. The summed E-state index contributed by atoms with van der Waals surface area (Å²) in [5, 5.41) is 2.22. The Bertz CT molecular complexity index is 615. The highest BCUT2D eigenvalue weighted by molar-refractivity contribution is 5.93. The van der Waals surface area contributed by atoms with Crippen molar-refractivity contribution in [1.29, 1.82) is 0 Å². The van der Waals surface area contributed by atoms with Gasteiger partial charge in [-0.05, 0) is 29.7 Å². The summed E-state index contributed by atoms with van der Waals surface area (Å²) in [5.41, 5.74) is 0. The minimum atomic E-state index is 0.346. The lowest BCUT2D eigenvalue weighted by molar-refractivity contribution is -0.119. The SMILES string of the molecule is COc1ccc2c(N3CCC(=O)CC3)nccc2c1. The highest BCUT2D eigenvalue weighted by atomic mass is 16.5. The number of Topliss-reactive ketones (excluding diaryl/α,β-unsaturated/α-hetero) is 1. The van der Waals surface area contributed by atoms with E-state index >= 15 is 0 Å². The van der Waals surface area contributed by atoms with Crippen molar-refractivity contribution < 1.29 is 9.53 Å². The molecule has 0 bridgehead atoms. The molecule has 1 saturated heterocycles. The summed E-state index contributed by atoms with van der Waals surface area (Å²) in [4.78, 5) is 18.0. The smallest absolute Gasteiger partial charge is 0.136 e. The number of methoxy groups -OCH3 is 1. The van der Waals surface area contributed by atoms with Crippen LogP contribution in [0.25, 0.3) is 10.8 Å². The van der Waals surface area contributed by atoms with E-state index in [1.165, 1.54) is 0 Å². The summed E-state index contributed by atoms with van der Waals surface area (Å²) in [6.45, 7) is 1.52. The lowest BCUT2D eigenvalue weighted by atomic mass is 10.1. The van der Waals surface area contributed by atoms with Crippen LogP contribution in [0.3, 0.4) is 0 Å². The van der Waals surface area contributed by atoms with Crippen LogP contribution in [0, 0.1) is 0 Å². The minimum absolute atomic E-state index is 0.346. The summed E-state index contributed by atoms with van der Waals surface area (Å²) in [6, 6.07) is 7.97. The van der Waals surface area contributed by atoms with E-state index in [-0.39, 0.29) is 0 Å². The van der Waals surface area contributed by atoms with Gasteiger partial charge in [0.2, 0.25) is 0 Å². The highest BCUT2D eigenvalue weighted by Gasteiger charge is 2.19. The molecule has 3 rings (SSSR count). The van der Waals surface area contributed by atoms with Crippen LogP contribution in [0.1, 0.15) is 12.8 Å². The number of carbonyl (C=O) groups excluding carboxylic acids is 1. The van der Waals surface area contributed by atoms with Crippen molar-refractivity contribution in [3.8, 4) is 5.75 Å². The third kappa shape index (κ3) is 2.26. The number of pyridine rings is 1. The first-order valence-corrected chi connectivity index (χ1v) is 6.47. The van der Waals surface area contributed by atoms with E-state index in [2.05, 4.69) is 9.88 Å². The number of fused-ring (bicyclic) bond motifs is 1. The van der Waals surface area contributed by atoms with Crippen LogP contribution in [0.15, 0.2) is 30.5 Å². The van der Waals surface area contributed by atoms with E-state index in [9.17, 15) is 4.79 Å². The number of nitrogens with zero attached hydrogens (tertiary/aromatic N) is 2. The van der Waals surface area contributed by atoms with Gasteiger partial charge in [0.25, 0.3) is 0 Å². The Kier molecular flexibility index (Phi) is 3.07. The summed E-state index contributed by atoms with van der Waals surface area (Å²) in [6.07, 6.45) is 3.05. The first-order chi connectivity index (χ1) is 9.28. The second-order valence-electron chi connectivity index (χ2n) is 4.75. The molecule has 0 spiro atoms. The van der Waals surface area contributed by atoms with Crippen molar-refractivity contribution >= 4 is 22.4 Å². The van der Waals surface area contributed by atoms with Crippen molar-refractivity contribution in [1.82, 2.24) is 4.98 Å². The second-order valence-corrected chi connectivity index (χ2v) is 4.75. The van der Waals surface area contributed by atoms with E-state index in [0.717, 1.165) is 35.4 Å². The summed E-state index contributed by atoms with van der Waals surface area (Å²) in [5.74, 6) is 2.16. The Morgan fingerprint density at radius 1 is 1.21 bits per heavy atom. The maximum atomic E-state index is 11.3. The molecule has 1 aromatic carbocycles. The molecule has 1 aromatic heterocycles. The van der Waals surface area contributed by atoms with Crippen molar-refractivity contribution in [3.63, 3.8) is 0 Å². The fourth-order valence-corrected chi connectivity index (χ4v) is 2.49. The molecule has 0 atom stereocenters. The molecule has 1 fully saturated rings. The maximum Gasteiger partial charge on any atom is 0.136 e. The molecule has 0 unspecified atom stereocenters. The van der Waals surface area contributed by atoms with Crippen molar-refractivity contribution in [3.05, 3.63) is 30.5 Å². The number of ether oxygens (including phenoxy) is 1. The van der Waals surface area contributed by atoms with Crippen molar-refractivity contribution in [2.45, 2.75) is 12.8 Å². The number of anilines is 1. The molecule has 0 aliphatic carbocycles. The highest BCUT2D eigenvalue weighted by Crippen LogP contribution is 2.28. The minimum Gasteiger partial charge on any atom is -0.497 e. The molecule has 2 heterocycles. The molecule has 4 nitrogen and oxygen atoms in total. The lowest BCUT2D eigenvalue weighted by Crippen LogP contribution is -2.34. The Hall–Kier alpha value is -2.10. The number of hydrogen-bond donors (Lipinski definition) is 0. The van der Waals surface area contributed by atoms with Gasteiger partial charge in [-0.1, -0.05) is 0 Å². The normalized spacial score (nSPS) is 15.8. The molecule has 1 aliphatic heterocycles. The zero-order valence-electron chi connectivity index (χ0n) is 10.9. The van der Waals surface area contributed by atoms with Crippen LogP contribution in [0.5, 0.6) is 5.75 Å². The maximum absolute atomic E-state index is 11.3. The van der Waals surface area contributed by atoms with E-state index in [4.69, 9.17) is 4.74 Å². The van der Waals surface area contributed by atoms with E-state index in [1.54, 1.807) is 7.11 Å². The Labute approximate surface area is 112 Å². The average Bonchev–Trinajstić information content (AvgIpc) is 2.47. The van der Waals surface area contributed by atoms with Crippen LogP contribution in [0.4, 0.5) is 5.82 Å². The van der Waals surface area contributed by atoms with Gasteiger partial charge in [0.1, 0.15) is 17.4 Å². The van der Waals surface area contributed by atoms with Crippen LogP contribution in [-0.2, 0) is 4.79 Å². The number of benzene rings is 1. The Balaban J connectivity index is 2.01. The number of hydrogen-bond acceptors (Lipinski definition) is 4. The van der Waals surface area contributed by atoms with E-state index in [0.29, 0.717) is 18.6 Å². The first-order valence-electron chi connectivity index (χ1n) is 6.47. The van der Waals surface area contributed by atoms with Crippen LogP contribution < -0.4 is 9.64 Å². The summed E-state index contributed by atoms with van der Waals surface area (Å²) >= 11 is 0. The lowest BCUT2D eigenvalue weighted by Gasteiger charge is -2.28. The van der Waals surface area contributed by atoms with Gasteiger partial charge in [0.05, 0.1) is 7.11 Å². The predicted octanol–water partition coefficient (Wildman–Crippen LogP) is 2.41. The fourth-order valence-electron chi connectivity index (χ4n) is 2.49. The molecule has 0 saturated carbocycles. The topological polar surface area (TPSA) is 42.4 Å². The second kappa shape index (κ2) is 4.88. The standard InChI is InChI=1S/C15H16N2O2/c1-19-13-2-3-14-11(10-13)4-7-16-15(14)17-8-5-12(18)6-9-17/h2-4,7,10H,5-6,8-9H2,1H3. The molecule has 98 valence electrons. The number of aromatic nitrogens is 1. The van der Waals surface area contributed by atoms with Crippen molar-refractivity contribution in [2.24, 2.45) is 0 Å². The molecule has 0 amide bonds. The van der Waals surface area contributed by atoms with Gasteiger partial charge in [-0.25, -0.2) is 4.98 Å². The van der Waals surface area contributed by atoms with Crippen LogP contribution in [-0.4, -0.2) is 31.0 Å². The third-order valence-electron chi connectivity index (χ3n) is 3.57. The van der Waals surface area contributed by atoms with E-state index in [1.807, 2.05) is 30.5 Å².